The third kappa shape index (κ3) is 6.38. The van der Waals surface area contributed by atoms with Crippen molar-refractivity contribution < 1.29 is 13.2 Å². The Morgan fingerprint density at radius 2 is 2.05 bits per heavy atom. The monoisotopic (exact) mass is 368 g/mol. The molecule has 8 heteroatoms. The lowest BCUT2D eigenvalue weighted by molar-refractivity contribution is 0.0953. The number of halogens is 2. The second-order valence-corrected chi connectivity index (χ2v) is 7.00. The molecule has 0 atom stereocenters. The van der Waals surface area contributed by atoms with Crippen molar-refractivity contribution >= 4 is 43.5 Å². The molecule has 0 aliphatic carbocycles. The molecule has 0 fully saturated rings. The summed E-state index contributed by atoms with van der Waals surface area (Å²) in [6, 6.07) is 4.91. The zero-order valence-corrected chi connectivity index (χ0v) is 13.4. The maximum atomic E-state index is 11.7. The molecule has 5 nitrogen and oxygen atoms in total. The summed E-state index contributed by atoms with van der Waals surface area (Å²) >= 11 is 9.13. The average Bonchev–Trinajstić information content (AvgIpc) is 2.30. The molecule has 0 aliphatic heterocycles. The van der Waals surface area contributed by atoms with Gasteiger partial charge in [-0.2, -0.15) is 0 Å². The van der Waals surface area contributed by atoms with E-state index in [9.17, 15) is 13.2 Å². The van der Waals surface area contributed by atoms with Crippen LogP contribution in [0.3, 0.4) is 0 Å². The van der Waals surface area contributed by atoms with Crippen molar-refractivity contribution in [1.29, 1.82) is 0 Å². The highest BCUT2D eigenvalue weighted by molar-refractivity contribution is 9.10. The summed E-state index contributed by atoms with van der Waals surface area (Å²) in [6.45, 7) is 0.676. The van der Waals surface area contributed by atoms with Crippen LogP contribution in [0.5, 0.6) is 0 Å². The van der Waals surface area contributed by atoms with Gasteiger partial charge in [-0.15, -0.1) is 0 Å². The number of rotatable bonds is 6. The first kappa shape index (κ1) is 16.4. The van der Waals surface area contributed by atoms with Gasteiger partial charge in [-0.3, -0.25) is 4.79 Å². The van der Waals surface area contributed by atoms with Crippen molar-refractivity contribution in [3.8, 4) is 0 Å². The molecule has 0 unspecified atom stereocenters. The van der Waals surface area contributed by atoms with E-state index in [2.05, 4.69) is 26.0 Å². The van der Waals surface area contributed by atoms with Crippen molar-refractivity contribution in [3.63, 3.8) is 0 Å². The smallest absolute Gasteiger partial charge is 0.251 e. The summed E-state index contributed by atoms with van der Waals surface area (Å²) < 4.78 is 24.7. The molecule has 1 aromatic carbocycles. The second-order valence-electron chi connectivity index (χ2n) is 3.90. The van der Waals surface area contributed by atoms with Gasteiger partial charge in [0.2, 0.25) is 10.0 Å². The Labute approximate surface area is 125 Å². The lowest BCUT2D eigenvalue weighted by Crippen LogP contribution is -2.29. The van der Waals surface area contributed by atoms with Gasteiger partial charge in [0.15, 0.2) is 0 Å². The quantitative estimate of drug-likeness (QED) is 0.751. The zero-order valence-electron chi connectivity index (χ0n) is 10.2. The summed E-state index contributed by atoms with van der Waals surface area (Å²) in [7, 11) is -3.17. The first-order chi connectivity index (χ1) is 8.79. The number of carbonyl (C=O) groups is 1. The van der Waals surface area contributed by atoms with Gasteiger partial charge >= 0.3 is 0 Å². The van der Waals surface area contributed by atoms with Crippen LogP contribution in [0, 0.1) is 0 Å². The Bertz CT molecular complexity index is 563. The molecule has 0 radical (unpaired) electrons. The molecule has 1 aromatic rings. The Kier molecular flexibility index (Phi) is 6.25. The molecule has 1 rings (SSSR count). The van der Waals surface area contributed by atoms with E-state index in [1.807, 2.05) is 0 Å². The fourth-order valence-corrected chi connectivity index (χ4v) is 2.23. The van der Waals surface area contributed by atoms with E-state index in [0.717, 1.165) is 10.7 Å². The number of hydrogen-bond donors (Lipinski definition) is 2. The maximum absolute atomic E-state index is 11.7. The van der Waals surface area contributed by atoms with E-state index < -0.39 is 10.0 Å². The molecule has 0 heterocycles. The highest BCUT2D eigenvalue weighted by Crippen LogP contribution is 2.22. The minimum Gasteiger partial charge on any atom is -0.352 e. The Morgan fingerprint density at radius 1 is 1.37 bits per heavy atom. The zero-order chi connectivity index (χ0) is 14.5. The number of amides is 1. The molecule has 0 spiro atoms. The largest absolute Gasteiger partial charge is 0.352 e. The molecule has 0 saturated heterocycles. The number of nitrogens with one attached hydrogen (secondary N) is 2. The highest BCUT2D eigenvalue weighted by atomic mass is 79.9. The van der Waals surface area contributed by atoms with Gasteiger partial charge in [0, 0.05) is 23.1 Å². The first-order valence-electron chi connectivity index (χ1n) is 5.47. The molecule has 0 aliphatic rings. The Morgan fingerprint density at radius 3 is 2.63 bits per heavy atom. The lowest BCUT2D eigenvalue weighted by atomic mass is 10.2. The molecular weight excluding hydrogens is 356 g/mol. The van der Waals surface area contributed by atoms with Crippen LogP contribution in [0.2, 0.25) is 5.02 Å². The van der Waals surface area contributed by atoms with Crippen molar-refractivity contribution in [2.45, 2.75) is 6.42 Å². The molecule has 106 valence electrons. The fraction of sp³-hybridized carbons (Fsp3) is 0.364. The van der Waals surface area contributed by atoms with E-state index in [1.165, 1.54) is 0 Å². The summed E-state index contributed by atoms with van der Waals surface area (Å²) in [4.78, 5) is 11.7. The van der Waals surface area contributed by atoms with E-state index in [1.54, 1.807) is 18.2 Å². The van der Waals surface area contributed by atoms with E-state index in [0.29, 0.717) is 30.1 Å². The van der Waals surface area contributed by atoms with E-state index in [4.69, 9.17) is 11.6 Å². The van der Waals surface area contributed by atoms with Crippen molar-refractivity contribution in [3.05, 3.63) is 33.3 Å². The molecular formula is C11H14BrClN2O3S. The topological polar surface area (TPSA) is 75.3 Å². The van der Waals surface area contributed by atoms with Crippen LogP contribution < -0.4 is 10.0 Å². The Balaban J connectivity index is 2.37. The summed E-state index contributed by atoms with van der Waals surface area (Å²) in [5.41, 5.74) is 0.462. The van der Waals surface area contributed by atoms with Crippen molar-refractivity contribution in [1.82, 2.24) is 10.0 Å². The number of sulfonamides is 1. The van der Waals surface area contributed by atoms with Gasteiger partial charge in [0.25, 0.3) is 5.91 Å². The standard InChI is InChI=1S/C11H14BrClN2O3S/c1-19(17,18)15-6-2-5-14-11(16)8-3-4-9(12)10(13)7-8/h3-4,7,15H,2,5-6H2,1H3,(H,14,16). The first-order valence-corrected chi connectivity index (χ1v) is 8.54. The summed E-state index contributed by atoms with van der Waals surface area (Å²) in [5, 5.41) is 3.15. The Hall–Kier alpha value is -0.630. The molecule has 1 amide bonds. The number of benzene rings is 1. The molecule has 0 aromatic heterocycles. The fourth-order valence-electron chi connectivity index (χ4n) is 1.29. The van der Waals surface area contributed by atoms with Crippen LogP contribution >= 0.6 is 27.5 Å². The van der Waals surface area contributed by atoms with Crippen LogP contribution in [-0.4, -0.2) is 33.7 Å². The molecule has 0 saturated carbocycles. The van der Waals surface area contributed by atoms with Gasteiger partial charge in [0.05, 0.1) is 11.3 Å². The van der Waals surface area contributed by atoms with Crippen LogP contribution in [0.1, 0.15) is 16.8 Å². The highest BCUT2D eigenvalue weighted by Gasteiger charge is 2.07. The third-order valence-corrected chi connectivity index (χ3v) is 4.15. The second kappa shape index (κ2) is 7.23. The van der Waals surface area contributed by atoms with Gasteiger partial charge < -0.3 is 5.32 Å². The molecule has 19 heavy (non-hydrogen) atoms. The molecule has 2 N–H and O–H groups in total. The average molecular weight is 370 g/mol. The maximum Gasteiger partial charge on any atom is 0.251 e. The van der Waals surface area contributed by atoms with Crippen molar-refractivity contribution in [2.75, 3.05) is 19.3 Å². The van der Waals surface area contributed by atoms with Gasteiger partial charge in [-0.05, 0) is 40.5 Å². The SMILES string of the molecule is CS(=O)(=O)NCCCNC(=O)c1ccc(Br)c(Cl)c1. The third-order valence-electron chi connectivity index (χ3n) is 2.19. The predicted octanol–water partition coefficient (Wildman–Crippen LogP) is 1.77. The van der Waals surface area contributed by atoms with Crippen LogP contribution in [0.25, 0.3) is 0 Å². The lowest BCUT2D eigenvalue weighted by Gasteiger charge is -2.06. The van der Waals surface area contributed by atoms with Crippen LogP contribution in [0.4, 0.5) is 0 Å². The summed E-state index contributed by atoms with van der Waals surface area (Å²) in [6.07, 6.45) is 1.61. The minimum atomic E-state index is -3.17. The van der Waals surface area contributed by atoms with E-state index >= 15 is 0 Å². The molecule has 0 bridgehead atoms. The number of carbonyl (C=O) groups excluding carboxylic acids is 1. The predicted molar refractivity (Wildman–Crippen MR) is 78.9 cm³/mol. The van der Waals surface area contributed by atoms with Gasteiger partial charge in [-0.25, -0.2) is 13.1 Å². The van der Waals surface area contributed by atoms with Gasteiger partial charge in [0.1, 0.15) is 0 Å². The van der Waals surface area contributed by atoms with Crippen LogP contribution in [-0.2, 0) is 10.0 Å². The van der Waals surface area contributed by atoms with Crippen molar-refractivity contribution in [2.24, 2.45) is 0 Å². The van der Waals surface area contributed by atoms with Gasteiger partial charge in [-0.1, -0.05) is 11.6 Å². The summed E-state index contributed by atoms with van der Waals surface area (Å²) in [5.74, 6) is -0.242. The minimum absolute atomic E-state index is 0.242. The van der Waals surface area contributed by atoms with Crippen LogP contribution in [0.15, 0.2) is 22.7 Å². The van der Waals surface area contributed by atoms with E-state index in [-0.39, 0.29) is 5.91 Å². The normalized spacial score (nSPS) is 11.3. The number of hydrogen-bond acceptors (Lipinski definition) is 3.